The van der Waals surface area contributed by atoms with Crippen LogP contribution in [0.25, 0.3) is 0 Å². The van der Waals surface area contributed by atoms with E-state index in [9.17, 15) is 18.8 Å². The third-order valence-electron chi connectivity index (χ3n) is 4.79. The van der Waals surface area contributed by atoms with Crippen LogP contribution in [-0.4, -0.2) is 35.2 Å². The molecule has 0 saturated heterocycles. The van der Waals surface area contributed by atoms with Gasteiger partial charge in [0.05, 0.1) is 22.8 Å². The molecule has 2 heterocycles. The van der Waals surface area contributed by atoms with Gasteiger partial charge >= 0.3 is 0 Å². The largest absolute Gasteiger partial charge is 0.457 e. The van der Waals surface area contributed by atoms with Crippen LogP contribution < -0.4 is 21.6 Å². The van der Waals surface area contributed by atoms with Crippen LogP contribution in [-0.2, 0) is 4.79 Å². The number of benzene rings is 1. The average molecular weight is 448 g/mol. The van der Waals surface area contributed by atoms with Crippen molar-refractivity contribution in [1.82, 2.24) is 21.3 Å². The number of ketones is 1. The highest BCUT2D eigenvalue weighted by Gasteiger charge is 2.30. The molecule has 31 heavy (non-hydrogen) atoms. The number of carbonyl (C=O) groups excluding carboxylic acids is 3. The quantitative estimate of drug-likeness (QED) is 0.380. The highest BCUT2D eigenvalue weighted by molar-refractivity contribution is 6.42. The molecule has 1 fully saturated rings. The summed E-state index contributed by atoms with van der Waals surface area (Å²) in [6.45, 7) is 1.62. The first kappa shape index (κ1) is 20.9. The van der Waals surface area contributed by atoms with Crippen molar-refractivity contribution in [1.29, 1.82) is 0 Å². The third kappa shape index (κ3) is 4.70. The van der Waals surface area contributed by atoms with Gasteiger partial charge in [-0.05, 0) is 38.0 Å². The molecule has 1 aliphatic carbocycles. The first-order valence-corrected chi connectivity index (χ1v) is 9.89. The van der Waals surface area contributed by atoms with Gasteiger partial charge in [0.1, 0.15) is 11.6 Å². The van der Waals surface area contributed by atoms with Gasteiger partial charge in [0.15, 0.2) is 5.76 Å². The fraction of sp³-hybridized carbons (Fsp3) is 0.250. The van der Waals surface area contributed by atoms with Crippen molar-refractivity contribution in [2.45, 2.75) is 25.8 Å². The molecule has 1 aliphatic heterocycles. The van der Waals surface area contributed by atoms with Crippen LogP contribution in [0.1, 0.15) is 39.5 Å². The van der Waals surface area contributed by atoms with E-state index in [2.05, 4.69) is 21.6 Å². The minimum absolute atomic E-state index is 0.0704. The van der Waals surface area contributed by atoms with Gasteiger partial charge < -0.3 is 20.5 Å². The van der Waals surface area contributed by atoms with Crippen LogP contribution in [0.15, 0.2) is 40.6 Å². The van der Waals surface area contributed by atoms with E-state index in [0.717, 1.165) is 18.9 Å². The molecule has 11 heteroatoms. The molecule has 2 aliphatic rings. The molecule has 4 N–H and O–H groups in total. The number of hydrogen-bond acceptors (Lipinski definition) is 7. The molecular formula is C20H19ClFN5O4. The Hall–Kier alpha value is -3.37. The Balaban J connectivity index is 1.37. The number of carbonyl (C=O) groups is 3. The molecule has 0 bridgehead atoms. The fourth-order valence-electron chi connectivity index (χ4n) is 2.97. The molecule has 4 rings (SSSR count). The van der Waals surface area contributed by atoms with Crippen LogP contribution in [0, 0.1) is 12.7 Å². The molecule has 162 valence electrons. The molecule has 1 aromatic carbocycles. The molecule has 0 unspecified atom stereocenters. The molecule has 2 amide bonds. The SMILES string of the molecule is Cc1oc(C(=O)C(=O)NCC2=CN(C3CC3)NN2)cc1C(=O)Nc1ccc(F)c(Cl)c1. The van der Waals surface area contributed by atoms with E-state index in [4.69, 9.17) is 16.0 Å². The van der Waals surface area contributed by atoms with Gasteiger partial charge in [-0.25, -0.2) is 4.39 Å². The Bertz CT molecular complexity index is 1100. The van der Waals surface area contributed by atoms with E-state index in [1.54, 1.807) is 0 Å². The number of hydrogen-bond donors (Lipinski definition) is 4. The van der Waals surface area contributed by atoms with E-state index in [1.165, 1.54) is 25.1 Å². The van der Waals surface area contributed by atoms with Gasteiger partial charge in [-0.15, -0.1) is 5.53 Å². The molecule has 2 aromatic rings. The van der Waals surface area contributed by atoms with Gasteiger partial charge in [0.2, 0.25) is 0 Å². The fourth-order valence-corrected chi connectivity index (χ4v) is 3.15. The Kier molecular flexibility index (Phi) is 5.66. The summed E-state index contributed by atoms with van der Waals surface area (Å²) in [6, 6.07) is 5.37. The normalized spacial score (nSPS) is 15.3. The Morgan fingerprint density at radius 2 is 2.06 bits per heavy atom. The highest BCUT2D eigenvalue weighted by Crippen LogP contribution is 2.26. The first-order chi connectivity index (χ1) is 14.8. The molecule has 1 aromatic heterocycles. The van der Waals surface area contributed by atoms with E-state index in [1.807, 2.05) is 11.2 Å². The summed E-state index contributed by atoms with van der Waals surface area (Å²) >= 11 is 5.71. The summed E-state index contributed by atoms with van der Waals surface area (Å²) < 4.78 is 18.6. The lowest BCUT2D eigenvalue weighted by Gasteiger charge is -2.12. The van der Waals surface area contributed by atoms with Crippen molar-refractivity contribution >= 4 is 34.9 Å². The lowest BCUT2D eigenvalue weighted by Crippen LogP contribution is -2.40. The zero-order chi connectivity index (χ0) is 22.1. The number of halogens is 2. The lowest BCUT2D eigenvalue weighted by molar-refractivity contribution is -0.116. The molecule has 9 nitrogen and oxygen atoms in total. The minimum atomic E-state index is -0.905. The van der Waals surface area contributed by atoms with Crippen molar-refractivity contribution in [3.05, 3.63) is 64.1 Å². The maximum atomic E-state index is 13.3. The van der Waals surface area contributed by atoms with Gasteiger partial charge in [-0.1, -0.05) is 11.6 Å². The molecule has 0 radical (unpaired) electrons. The van der Waals surface area contributed by atoms with E-state index in [0.29, 0.717) is 11.7 Å². The van der Waals surface area contributed by atoms with Gasteiger partial charge in [0.25, 0.3) is 17.6 Å². The van der Waals surface area contributed by atoms with Crippen LogP contribution in [0.3, 0.4) is 0 Å². The number of nitrogens with zero attached hydrogens (tertiary/aromatic N) is 1. The Labute approximate surface area is 181 Å². The van der Waals surface area contributed by atoms with Crippen molar-refractivity contribution in [2.75, 3.05) is 11.9 Å². The lowest BCUT2D eigenvalue weighted by atomic mass is 10.2. The maximum absolute atomic E-state index is 13.3. The van der Waals surface area contributed by atoms with Crippen LogP contribution in [0.4, 0.5) is 10.1 Å². The van der Waals surface area contributed by atoms with Crippen molar-refractivity contribution in [2.24, 2.45) is 0 Å². The first-order valence-electron chi connectivity index (χ1n) is 9.52. The second-order valence-electron chi connectivity index (χ2n) is 7.20. The number of anilines is 1. The molecular weight excluding hydrogens is 429 g/mol. The maximum Gasteiger partial charge on any atom is 0.296 e. The van der Waals surface area contributed by atoms with E-state index >= 15 is 0 Å². The van der Waals surface area contributed by atoms with Gasteiger partial charge in [-0.2, -0.15) is 0 Å². The predicted molar refractivity (Wildman–Crippen MR) is 109 cm³/mol. The van der Waals surface area contributed by atoms with Crippen LogP contribution >= 0.6 is 11.6 Å². The number of Topliss-reactive ketones (excluding diaryl/α,β-unsaturated/α-hetero) is 1. The van der Waals surface area contributed by atoms with Crippen molar-refractivity contribution in [3.8, 4) is 0 Å². The van der Waals surface area contributed by atoms with Gasteiger partial charge in [0, 0.05) is 24.0 Å². The van der Waals surface area contributed by atoms with Crippen LogP contribution in [0.2, 0.25) is 5.02 Å². The topological polar surface area (TPSA) is 116 Å². The average Bonchev–Trinajstić information content (AvgIpc) is 3.35. The number of rotatable bonds is 7. The Morgan fingerprint density at radius 1 is 1.29 bits per heavy atom. The zero-order valence-corrected chi connectivity index (χ0v) is 17.2. The summed E-state index contributed by atoms with van der Waals surface area (Å²) in [5.41, 5.74) is 6.94. The van der Waals surface area contributed by atoms with Crippen LogP contribution in [0.5, 0.6) is 0 Å². The van der Waals surface area contributed by atoms with E-state index in [-0.39, 0.29) is 34.3 Å². The van der Waals surface area contributed by atoms with Gasteiger partial charge in [-0.3, -0.25) is 19.4 Å². The number of nitrogens with one attached hydrogen (secondary N) is 4. The monoisotopic (exact) mass is 447 g/mol. The predicted octanol–water partition coefficient (Wildman–Crippen LogP) is 2.26. The number of hydrazine groups is 2. The van der Waals surface area contributed by atoms with Crippen molar-refractivity contribution < 1.29 is 23.2 Å². The second-order valence-corrected chi connectivity index (χ2v) is 7.61. The summed E-state index contributed by atoms with van der Waals surface area (Å²) in [5.74, 6) is -3.07. The summed E-state index contributed by atoms with van der Waals surface area (Å²) in [5, 5.41) is 6.83. The van der Waals surface area contributed by atoms with E-state index < -0.39 is 23.4 Å². The zero-order valence-electron chi connectivity index (χ0n) is 16.4. The number of amides is 2. The second kappa shape index (κ2) is 8.40. The minimum Gasteiger partial charge on any atom is -0.457 e. The molecule has 0 atom stereocenters. The highest BCUT2D eigenvalue weighted by atomic mass is 35.5. The van der Waals surface area contributed by atoms with Crippen molar-refractivity contribution in [3.63, 3.8) is 0 Å². The smallest absolute Gasteiger partial charge is 0.296 e. The molecule has 1 saturated carbocycles. The standard InChI is InChI=1S/C20H19ClFN5O4/c1-10-14(19(29)24-11-2-5-16(22)15(21)6-11)7-17(31-10)18(28)20(30)23-8-12-9-27(26-25-12)13-3-4-13/h2,5-7,9,13,25-26H,3-4,8H2,1H3,(H,23,30)(H,24,29). The third-order valence-corrected chi connectivity index (χ3v) is 5.08. The summed E-state index contributed by atoms with van der Waals surface area (Å²) in [6.07, 6.45) is 4.04. The number of aryl methyl sites for hydroxylation is 1. The Morgan fingerprint density at radius 3 is 2.77 bits per heavy atom. The summed E-state index contributed by atoms with van der Waals surface area (Å²) in [7, 11) is 0. The summed E-state index contributed by atoms with van der Waals surface area (Å²) in [4.78, 5) is 37.1. The number of furan rings is 1. The molecule has 0 spiro atoms.